The molecule has 0 atom stereocenters. The molecule has 0 aliphatic rings. The predicted molar refractivity (Wildman–Crippen MR) is 128 cm³/mol. The summed E-state index contributed by atoms with van der Waals surface area (Å²) in [5.41, 5.74) is 0.460. The Kier molecular flexibility index (Phi) is 12.8. The Labute approximate surface area is 196 Å². The van der Waals surface area contributed by atoms with Crippen molar-refractivity contribution in [2.75, 3.05) is 40.8 Å². The van der Waals surface area contributed by atoms with Crippen molar-refractivity contribution in [1.29, 1.82) is 0 Å². The Morgan fingerprint density at radius 1 is 1.10 bits per heavy atom. The molecule has 170 valence electrons. The standard InChI is InChI=1S/C20H33N5O4.HI/c1-20(2,3)29-19(27)23-11-10-22-18(21-4)24-13-15-8-7-9-16(12-15)28-14-17(26)25(5)6;/h7-9,12H,10-11,13-14H2,1-6H3,(H,23,27)(H2,21,22,24);1H. The fourth-order valence-electron chi connectivity index (χ4n) is 2.09. The molecule has 0 aliphatic heterocycles. The molecule has 0 heterocycles. The van der Waals surface area contributed by atoms with E-state index in [-0.39, 0.29) is 36.5 Å². The van der Waals surface area contributed by atoms with Crippen LogP contribution < -0.4 is 20.7 Å². The summed E-state index contributed by atoms with van der Waals surface area (Å²) in [4.78, 5) is 28.9. The zero-order valence-electron chi connectivity index (χ0n) is 18.6. The third-order valence-corrected chi connectivity index (χ3v) is 3.53. The fraction of sp³-hybridized carbons (Fsp3) is 0.550. The Bertz CT molecular complexity index is 705. The van der Waals surface area contributed by atoms with Crippen molar-refractivity contribution in [3.05, 3.63) is 29.8 Å². The van der Waals surface area contributed by atoms with Crippen LogP contribution in [0.3, 0.4) is 0 Å². The van der Waals surface area contributed by atoms with Gasteiger partial charge in [-0.3, -0.25) is 9.79 Å². The van der Waals surface area contributed by atoms with E-state index in [4.69, 9.17) is 9.47 Å². The van der Waals surface area contributed by atoms with Crippen LogP contribution in [0.15, 0.2) is 29.3 Å². The number of carbonyl (C=O) groups is 2. The Morgan fingerprint density at radius 2 is 1.77 bits per heavy atom. The first-order valence-corrected chi connectivity index (χ1v) is 9.44. The first kappa shape index (κ1) is 27.8. The molecule has 0 aromatic heterocycles. The van der Waals surface area contributed by atoms with Crippen molar-refractivity contribution in [2.45, 2.75) is 32.9 Å². The first-order valence-electron chi connectivity index (χ1n) is 9.44. The Balaban J connectivity index is 0.00000841. The second kappa shape index (κ2) is 13.9. The number of hydrogen-bond acceptors (Lipinski definition) is 5. The minimum Gasteiger partial charge on any atom is -0.484 e. The number of ether oxygens (including phenoxy) is 2. The van der Waals surface area contributed by atoms with Crippen LogP contribution in [0, 0.1) is 0 Å². The molecule has 1 aromatic rings. The topological polar surface area (TPSA) is 104 Å². The molecule has 30 heavy (non-hydrogen) atoms. The molecule has 0 aliphatic carbocycles. The normalized spacial score (nSPS) is 11.1. The Hall–Kier alpha value is -2.24. The molecule has 0 unspecified atom stereocenters. The monoisotopic (exact) mass is 535 g/mol. The van der Waals surface area contributed by atoms with Crippen LogP contribution in [0.4, 0.5) is 4.79 Å². The van der Waals surface area contributed by atoms with E-state index in [1.54, 1.807) is 21.1 Å². The van der Waals surface area contributed by atoms with Crippen LogP contribution in [0.5, 0.6) is 5.75 Å². The number of guanidine groups is 1. The summed E-state index contributed by atoms with van der Waals surface area (Å²) in [5, 5.41) is 8.98. The SMILES string of the molecule is CN=C(NCCNC(=O)OC(C)(C)C)NCc1cccc(OCC(=O)N(C)C)c1.I. The minimum absolute atomic E-state index is 0. The number of aliphatic imine (C=N–C) groups is 1. The molecule has 1 aromatic carbocycles. The largest absolute Gasteiger partial charge is 0.484 e. The van der Waals surface area contributed by atoms with E-state index in [1.165, 1.54) is 4.90 Å². The molecule has 1 rings (SSSR count). The highest BCUT2D eigenvalue weighted by atomic mass is 127. The van der Waals surface area contributed by atoms with Gasteiger partial charge in [-0.1, -0.05) is 12.1 Å². The van der Waals surface area contributed by atoms with Gasteiger partial charge in [0.2, 0.25) is 0 Å². The van der Waals surface area contributed by atoms with Gasteiger partial charge in [-0.2, -0.15) is 0 Å². The van der Waals surface area contributed by atoms with Crippen LogP contribution in [-0.2, 0) is 16.1 Å². The lowest BCUT2D eigenvalue weighted by molar-refractivity contribution is -0.130. The molecule has 9 nitrogen and oxygen atoms in total. The fourth-order valence-corrected chi connectivity index (χ4v) is 2.09. The average molecular weight is 535 g/mol. The van der Waals surface area contributed by atoms with E-state index in [0.717, 1.165) is 5.56 Å². The van der Waals surface area contributed by atoms with Crippen molar-refractivity contribution < 1.29 is 19.1 Å². The molecule has 0 saturated heterocycles. The van der Waals surface area contributed by atoms with Crippen LogP contribution in [0.2, 0.25) is 0 Å². The number of halogens is 1. The summed E-state index contributed by atoms with van der Waals surface area (Å²) in [6, 6.07) is 7.49. The number of carbonyl (C=O) groups excluding carboxylic acids is 2. The number of nitrogens with zero attached hydrogens (tertiary/aromatic N) is 2. The van der Waals surface area contributed by atoms with Crippen LogP contribution in [0.25, 0.3) is 0 Å². The molecule has 2 amide bonds. The van der Waals surface area contributed by atoms with Gasteiger partial charge in [0.1, 0.15) is 11.4 Å². The second-order valence-corrected chi connectivity index (χ2v) is 7.51. The van der Waals surface area contributed by atoms with Crippen molar-refractivity contribution in [3.8, 4) is 5.75 Å². The second-order valence-electron chi connectivity index (χ2n) is 7.51. The van der Waals surface area contributed by atoms with E-state index in [1.807, 2.05) is 45.0 Å². The van der Waals surface area contributed by atoms with E-state index in [9.17, 15) is 9.59 Å². The highest BCUT2D eigenvalue weighted by molar-refractivity contribution is 14.0. The van der Waals surface area contributed by atoms with Gasteiger partial charge in [-0.05, 0) is 38.5 Å². The van der Waals surface area contributed by atoms with Crippen molar-refractivity contribution >= 4 is 41.9 Å². The smallest absolute Gasteiger partial charge is 0.407 e. The summed E-state index contributed by atoms with van der Waals surface area (Å²) < 4.78 is 10.7. The van der Waals surface area contributed by atoms with Crippen LogP contribution in [0.1, 0.15) is 26.3 Å². The highest BCUT2D eigenvalue weighted by Gasteiger charge is 2.15. The third-order valence-electron chi connectivity index (χ3n) is 3.53. The number of benzene rings is 1. The number of alkyl carbamates (subject to hydrolysis) is 1. The van der Waals surface area contributed by atoms with Gasteiger partial charge >= 0.3 is 6.09 Å². The van der Waals surface area contributed by atoms with Crippen molar-refractivity contribution in [2.24, 2.45) is 4.99 Å². The lowest BCUT2D eigenvalue weighted by atomic mass is 10.2. The van der Waals surface area contributed by atoms with Gasteiger partial charge in [0.15, 0.2) is 12.6 Å². The summed E-state index contributed by atoms with van der Waals surface area (Å²) in [7, 11) is 5.05. The maximum atomic E-state index is 11.6. The molecule has 0 saturated carbocycles. The van der Waals surface area contributed by atoms with E-state index < -0.39 is 11.7 Å². The maximum absolute atomic E-state index is 11.6. The molecule has 10 heteroatoms. The van der Waals surface area contributed by atoms with E-state index >= 15 is 0 Å². The summed E-state index contributed by atoms with van der Waals surface area (Å²) in [6.45, 7) is 6.87. The number of likely N-dealkylation sites (N-methyl/N-ethyl adjacent to an activating group) is 1. The van der Waals surface area contributed by atoms with Crippen LogP contribution in [-0.4, -0.2) is 69.3 Å². The number of amides is 2. The maximum Gasteiger partial charge on any atom is 0.407 e. The third kappa shape index (κ3) is 12.3. The average Bonchev–Trinajstić information content (AvgIpc) is 2.64. The van der Waals surface area contributed by atoms with Gasteiger partial charge in [0.25, 0.3) is 5.91 Å². The zero-order chi connectivity index (χ0) is 21.9. The lowest BCUT2D eigenvalue weighted by Crippen LogP contribution is -2.42. The van der Waals surface area contributed by atoms with E-state index in [2.05, 4.69) is 20.9 Å². The number of rotatable bonds is 8. The van der Waals surface area contributed by atoms with Gasteiger partial charge in [0.05, 0.1) is 0 Å². The number of nitrogens with one attached hydrogen (secondary N) is 3. The summed E-state index contributed by atoms with van der Waals surface area (Å²) in [5.74, 6) is 1.13. The molecule has 0 fully saturated rings. The summed E-state index contributed by atoms with van der Waals surface area (Å²) >= 11 is 0. The van der Waals surface area contributed by atoms with Gasteiger partial charge < -0.3 is 30.3 Å². The lowest BCUT2D eigenvalue weighted by Gasteiger charge is -2.20. The molecular formula is C20H34IN5O4. The molecule has 0 radical (unpaired) electrons. The van der Waals surface area contributed by atoms with Crippen LogP contribution >= 0.6 is 24.0 Å². The number of hydrogen-bond donors (Lipinski definition) is 3. The minimum atomic E-state index is -0.521. The summed E-state index contributed by atoms with van der Waals surface area (Å²) in [6.07, 6.45) is -0.452. The first-order chi connectivity index (χ1) is 13.6. The molecule has 0 bridgehead atoms. The highest BCUT2D eigenvalue weighted by Crippen LogP contribution is 2.13. The Morgan fingerprint density at radius 3 is 2.37 bits per heavy atom. The molecule has 0 spiro atoms. The van der Waals surface area contributed by atoms with Gasteiger partial charge in [0, 0.05) is 40.8 Å². The van der Waals surface area contributed by atoms with Crippen molar-refractivity contribution in [1.82, 2.24) is 20.9 Å². The van der Waals surface area contributed by atoms with E-state index in [0.29, 0.717) is 31.3 Å². The molecular weight excluding hydrogens is 501 g/mol. The van der Waals surface area contributed by atoms with Gasteiger partial charge in [-0.15, -0.1) is 24.0 Å². The zero-order valence-corrected chi connectivity index (χ0v) is 20.9. The predicted octanol–water partition coefficient (Wildman–Crippen LogP) is 1.96. The van der Waals surface area contributed by atoms with Crippen molar-refractivity contribution in [3.63, 3.8) is 0 Å². The quantitative estimate of drug-likeness (QED) is 0.204. The van der Waals surface area contributed by atoms with Gasteiger partial charge in [-0.25, -0.2) is 4.79 Å². The molecule has 3 N–H and O–H groups in total.